The first-order valence-corrected chi connectivity index (χ1v) is 9.18. The average molecular weight is 359 g/mol. The first kappa shape index (κ1) is 17.1. The van der Waals surface area contributed by atoms with Crippen molar-refractivity contribution in [2.24, 2.45) is 0 Å². The predicted octanol–water partition coefficient (Wildman–Crippen LogP) is 1.86. The standard InChI is InChI=1S/C17H17N3O4S/c21-8-4-10-25(22,23)14-11-18-16-15(14)17(20-12-19-16)24-9-7-13-5-2-1-3-6-13/h1-6,10-12,21H,7-9H2,(H,18,19,20). The Morgan fingerprint density at radius 1 is 1.20 bits per heavy atom. The number of H-pyrrole nitrogens is 1. The molecule has 0 saturated carbocycles. The lowest BCUT2D eigenvalue weighted by molar-refractivity contribution is 0.313. The van der Waals surface area contributed by atoms with Crippen LogP contribution < -0.4 is 4.74 Å². The zero-order chi connectivity index (χ0) is 17.7. The van der Waals surface area contributed by atoms with E-state index in [1.54, 1.807) is 0 Å². The molecule has 0 bridgehead atoms. The van der Waals surface area contributed by atoms with Crippen molar-refractivity contribution in [1.82, 2.24) is 15.0 Å². The number of aromatic amines is 1. The smallest absolute Gasteiger partial charge is 0.227 e. The summed E-state index contributed by atoms with van der Waals surface area (Å²) in [6.45, 7) is -0.00814. The molecule has 3 rings (SSSR count). The Hall–Kier alpha value is -2.71. The van der Waals surface area contributed by atoms with Crippen LogP contribution in [0.25, 0.3) is 11.0 Å². The first-order valence-electron chi connectivity index (χ1n) is 7.63. The Labute approximate surface area is 144 Å². The van der Waals surface area contributed by atoms with E-state index in [1.807, 2.05) is 30.3 Å². The second-order valence-electron chi connectivity index (χ2n) is 5.24. The van der Waals surface area contributed by atoms with Crippen molar-refractivity contribution < 1.29 is 18.3 Å². The number of aliphatic hydroxyl groups is 1. The van der Waals surface area contributed by atoms with E-state index in [0.29, 0.717) is 24.1 Å². The fourth-order valence-corrected chi connectivity index (χ4v) is 3.57. The molecule has 0 amide bonds. The normalized spacial score (nSPS) is 12.0. The summed E-state index contributed by atoms with van der Waals surface area (Å²) in [5, 5.41) is 10.1. The molecule has 0 fully saturated rings. The minimum absolute atomic E-state index is 0.0162. The van der Waals surface area contributed by atoms with Crippen LogP contribution >= 0.6 is 0 Å². The van der Waals surface area contributed by atoms with Gasteiger partial charge in [-0.2, -0.15) is 0 Å². The molecule has 0 unspecified atom stereocenters. The van der Waals surface area contributed by atoms with E-state index in [4.69, 9.17) is 9.84 Å². The maximum Gasteiger partial charge on any atom is 0.227 e. The average Bonchev–Trinajstić information content (AvgIpc) is 3.07. The number of fused-ring (bicyclic) bond motifs is 1. The van der Waals surface area contributed by atoms with E-state index in [-0.39, 0.29) is 17.4 Å². The van der Waals surface area contributed by atoms with Crippen molar-refractivity contribution in [3.05, 3.63) is 59.9 Å². The number of hydrogen-bond donors (Lipinski definition) is 2. The van der Waals surface area contributed by atoms with Gasteiger partial charge in [-0.1, -0.05) is 30.3 Å². The van der Waals surface area contributed by atoms with Gasteiger partial charge in [0.25, 0.3) is 0 Å². The number of nitrogens with zero attached hydrogens (tertiary/aromatic N) is 2. The molecule has 3 aromatic rings. The van der Waals surface area contributed by atoms with Crippen LogP contribution in [0, 0.1) is 0 Å². The highest BCUT2D eigenvalue weighted by atomic mass is 32.2. The summed E-state index contributed by atoms with van der Waals surface area (Å²) in [5.41, 5.74) is 1.49. The van der Waals surface area contributed by atoms with Gasteiger partial charge in [0, 0.05) is 18.0 Å². The Morgan fingerprint density at radius 2 is 2.00 bits per heavy atom. The molecule has 2 heterocycles. The van der Waals surface area contributed by atoms with Crippen LogP contribution in [-0.4, -0.2) is 41.7 Å². The van der Waals surface area contributed by atoms with Crippen LogP contribution in [0.2, 0.25) is 0 Å². The number of hydrogen-bond acceptors (Lipinski definition) is 6. The van der Waals surface area contributed by atoms with E-state index < -0.39 is 9.84 Å². The van der Waals surface area contributed by atoms with Crippen LogP contribution in [0.3, 0.4) is 0 Å². The van der Waals surface area contributed by atoms with E-state index in [1.165, 1.54) is 12.5 Å². The van der Waals surface area contributed by atoms with Gasteiger partial charge in [-0.15, -0.1) is 0 Å². The molecule has 130 valence electrons. The van der Waals surface area contributed by atoms with Crippen LogP contribution in [0.15, 0.2) is 59.2 Å². The maximum atomic E-state index is 12.4. The molecule has 25 heavy (non-hydrogen) atoms. The summed E-state index contributed by atoms with van der Waals surface area (Å²) in [4.78, 5) is 10.9. The third-order valence-electron chi connectivity index (χ3n) is 3.56. The van der Waals surface area contributed by atoms with Gasteiger partial charge in [-0.25, -0.2) is 18.4 Å². The zero-order valence-electron chi connectivity index (χ0n) is 13.3. The van der Waals surface area contributed by atoms with Crippen LogP contribution in [0.4, 0.5) is 0 Å². The lowest BCUT2D eigenvalue weighted by Crippen LogP contribution is -2.04. The largest absolute Gasteiger partial charge is 0.477 e. The highest BCUT2D eigenvalue weighted by molar-refractivity contribution is 7.94. The lowest BCUT2D eigenvalue weighted by Gasteiger charge is -2.07. The predicted molar refractivity (Wildman–Crippen MR) is 92.9 cm³/mol. The van der Waals surface area contributed by atoms with Gasteiger partial charge in [0.15, 0.2) is 0 Å². The molecular weight excluding hydrogens is 342 g/mol. The molecule has 7 nitrogen and oxygen atoms in total. The summed E-state index contributed by atoms with van der Waals surface area (Å²) in [6, 6.07) is 9.82. The number of rotatable bonds is 7. The molecule has 0 aliphatic rings. The van der Waals surface area contributed by atoms with Crippen molar-refractivity contribution in [2.75, 3.05) is 13.2 Å². The number of aromatic nitrogens is 3. The number of benzene rings is 1. The molecule has 0 aliphatic heterocycles. The molecule has 0 aliphatic carbocycles. The van der Waals surface area contributed by atoms with Crippen molar-refractivity contribution in [3.63, 3.8) is 0 Å². The first-order chi connectivity index (χ1) is 12.1. The fraction of sp³-hybridized carbons (Fsp3) is 0.176. The maximum absolute atomic E-state index is 12.4. The second-order valence-corrected chi connectivity index (χ2v) is 7.04. The Balaban J connectivity index is 1.88. The summed E-state index contributed by atoms with van der Waals surface area (Å²) in [7, 11) is -3.74. The number of nitrogens with one attached hydrogen (secondary N) is 1. The highest BCUT2D eigenvalue weighted by Gasteiger charge is 2.21. The lowest BCUT2D eigenvalue weighted by atomic mass is 10.2. The molecule has 2 aromatic heterocycles. The number of sulfone groups is 1. The van der Waals surface area contributed by atoms with Crippen LogP contribution in [0.1, 0.15) is 5.56 Å². The number of ether oxygens (including phenoxy) is 1. The molecule has 0 radical (unpaired) electrons. The fourth-order valence-electron chi connectivity index (χ4n) is 2.39. The van der Waals surface area contributed by atoms with Crippen LogP contribution in [-0.2, 0) is 16.3 Å². The molecule has 2 N–H and O–H groups in total. The van der Waals surface area contributed by atoms with Gasteiger partial charge in [-0.3, -0.25) is 0 Å². The van der Waals surface area contributed by atoms with Crippen molar-refractivity contribution >= 4 is 20.9 Å². The molecule has 0 saturated heterocycles. The van der Waals surface area contributed by atoms with E-state index in [0.717, 1.165) is 17.0 Å². The Bertz CT molecular complexity index is 982. The van der Waals surface area contributed by atoms with Gasteiger partial charge in [0.1, 0.15) is 16.9 Å². The number of aliphatic hydroxyl groups excluding tert-OH is 1. The topological polar surface area (TPSA) is 105 Å². The van der Waals surface area contributed by atoms with Gasteiger partial charge in [0.2, 0.25) is 15.7 Å². The molecule has 1 aromatic carbocycles. The minimum atomic E-state index is -3.74. The Morgan fingerprint density at radius 3 is 2.76 bits per heavy atom. The third-order valence-corrected chi connectivity index (χ3v) is 5.04. The Kier molecular flexibility index (Phi) is 5.11. The monoisotopic (exact) mass is 359 g/mol. The summed E-state index contributed by atoms with van der Waals surface area (Å²) >= 11 is 0. The minimum Gasteiger partial charge on any atom is -0.477 e. The summed E-state index contributed by atoms with van der Waals surface area (Å²) < 4.78 is 30.5. The summed E-state index contributed by atoms with van der Waals surface area (Å²) in [6.07, 6.45) is 4.49. The zero-order valence-corrected chi connectivity index (χ0v) is 14.1. The van der Waals surface area contributed by atoms with Crippen molar-refractivity contribution in [1.29, 1.82) is 0 Å². The second kappa shape index (κ2) is 7.45. The van der Waals surface area contributed by atoms with Gasteiger partial charge >= 0.3 is 0 Å². The van der Waals surface area contributed by atoms with Crippen molar-refractivity contribution in [3.8, 4) is 5.88 Å². The molecule has 0 atom stereocenters. The summed E-state index contributed by atoms with van der Waals surface area (Å²) in [5.74, 6) is 0.207. The highest BCUT2D eigenvalue weighted by Crippen LogP contribution is 2.29. The van der Waals surface area contributed by atoms with Crippen LogP contribution in [0.5, 0.6) is 5.88 Å². The third kappa shape index (κ3) is 3.86. The van der Waals surface area contributed by atoms with Gasteiger partial charge in [0.05, 0.1) is 18.6 Å². The van der Waals surface area contributed by atoms with E-state index >= 15 is 0 Å². The van der Waals surface area contributed by atoms with Gasteiger partial charge in [-0.05, 0) is 11.6 Å². The van der Waals surface area contributed by atoms with Gasteiger partial charge < -0.3 is 14.8 Å². The van der Waals surface area contributed by atoms with E-state index in [2.05, 4.69) is 15.0 Å². The molecular formula is C17H17N3O4S. The molecule has 8 heteroatoms. The SMILES string of the molecule is O=S(=O)(C=CCO)c1c[nH]c2ncnc(OCCc3ccccc3)c12. The van der Waals surface area contributed by atoms with Crippen molar-refractivity contribution in [2.45, 2.75) is 11.3 Å². The quantitative estimate of drug-likeness (QED) is 0.667. The molecule has 0 spiro atoms. The van der Waals surface area contributed by atoms with E-state index in [9.17, 15) is 8.42 Å².